The molecule has 1 saturated heterocycles. The van der Waals surface area contributed by atoms with Gasteiger partial charge in [-0.1, -0.05) is 19.1 Å². The highest BCUT2D eigenvalue weighted by Gasteiger charge is 2.32. The summed E-state index contributed by atoms with van der Waals surface area (Å²) in [6.07, 6.45) is 3.50. The molecule has 23 heavy (non-hydrogen) atoms. The van der Waals surface area contributed by atoms with Gasteiger partial charge >= 0.3 is 5.97 Å². The first-order valence-electron chi connectivity index (χ1n) is 8.23. The van der Waals surface area contributed by atoms with Gasteiger partial charge in [0.15, 0.2) is 0 Å². The molecular weight excluding hydrogens is 294 g/mol. The Balaban J connectivity index is 2.07. The minimum Gasteiger partial charge on any atom is -0.497 e. The largest absolute Gasteiger partial charge is 0.497 e. The maximum absolute atomic E-state index is 12.6. The number of benzene rings is 1. The van der Waals surface area contributed by atoms with E-state index in [1.807, 2.05) is 31.2 Å². The molecule has 5 nitrogen and oxygen atoms in total. The van der Waals surface area contributed by atoms with Crippen molar-refractivity contribution in [1.29, 1.82) is 0 Å². The lowest BCUT2D eigenvalue weighted by Crippen LogP contribution is -2.48. The van der Waals surface area contributed by atoms with E-state index in [0.29, 0.717) is 19.4 Å². The zero-order valence-electron chi connectivity index (χ0n) is 13.8. The number of aliphatic carboxylic acids is 1. The fourth-order valence-electron chi connectivity index (χ4n) is 3.19. The van der Waals surface area contributed by atoms with Gasteiger partial charge in [-0.2, -0.15) is 0 Å². The number of hydrogen-bond acceptors (Lipinski definition) is 3. The SMILES string of the molecule is CCC(CC(=O)N1CCCCC1C(=O)O)c1ccc(OC)cc1. The van der Waals surface area contributed by atoms with Gasteiger partial charge in [0.1, 0.15) is 11.8 Å². The lowest BCUT2D eigenvalue weighted by atomic mass is 9.91. The Morgan fingerprint density at radius 3 is 2.57 bits per heavy atom. The zero-order chi connectivity index (χ0) is 16.8. The second-order valence-corrected chi connectivity index (χ2v) is 6.02. The van der Waals surface area contributed by atoms with Crippen LogP contribution in [0, 0.1) is 0 Å². The number of hydrogen-bond donors (Lipinski definition) is 1. The van der Waals surface area contributed by atoms with Crippen LogP contribution in [0.2, 0.25) is 0 Å². The van der Waals surface area contributed by atoms with Gasteiger partial charge in [0, 0.05) is 13.0 Å². The molecule has 1 aromatic carbocycles. The Morgan fingerprint density at radius 1 is 1.30 bits per heavy atom. The Bertz CT molecular complexity index is 540. The number of carboxylic acid groups (broad SMARTS) is 1. The molecule has 0 radical (unpaired) electrons. The summed E-state index contributed by atoms with van der Waals surface area (Å²) in [4.78, 5) is 25.5. The zero-order valence-corrected chi connectivity index (χ0v) is 13.8. The lowest BCUT2D eigenvalue weighted by molar-refractivity contribution is -0.152. The summed E-state index contributed by atoms with van der Waals surface area (Å²) in [7, 11) is 1.62. The molecule has 2 unspecified atom stereocenters. The predicted octanol–water partition coefficient (Wildman–Crippen LogP) is 3.04. The summed E-state index contributed by atoms with van der Waals surface area (Å²) in [5.41, 5.74) is 1.09. The first-order valence-corrected chi connectivity index (χ1v) is 8.23. The van der Waals surface area contributed by atoms with Crippen LogP contribution < -0.4 is 4.74 Å². The number of piperidine rings is 1. The second-order valence-electron chi connectivity index (χ2n) is 6.02. The number of carboxylic acids is 1. The van der Waals surface area contributed by atoms with Gasteiger partial charge in [0.05, 0.1) is 7.11 Å². The second kappa shape index (κ2) is 7.99. The molecule has 0 bridgehead atoms. The van der Waals surface area contributed by atoms with Gasteiger partial charge in [0.25, 0.3) is 0 Å². The van der Waals surface area contributed by atoms with Crippen molar-refractivity contribution in [2.75, 3.05) is 13.7 Å². The summed E-state index contributed by atoms with van der Waals surface area (Å²) >= 11 is 0. The van der Waals surface area contributed by atoms with Gasteiger partial charge < -0.3 is 14.7 Å². The maximum atomic E-state index is 12.6. The van der Waals surface area contributed by atoms with Crippen LogP contribution in [0.3, 0.4) is 0 Å². The van der Waals surface area contributed by atoms with E-state index < -0.39 is 12.0 Å². The molecule has 1 fully saturated rings. The van der Waals surface area contributed by atoms with Crippen LogP contribution in [0.15, 0.2) is 24.3 Å². The normalized spacial score (nSPS) is 19.2. The molecule has 0 aliphatic carbocycles. The fourth-order valence-corrected chi connectivity index (χ4v) is 3.19. The number of nitrogens with zero attached hydrogens (tertiary/aromatic N) is 1. The predicted molar refractivity (Wildman–Crippen MR) is 87.6 cm³/mol. The van der Waals surface area contributed by atoms with Crippen molar-refractivity contribution in [3.8, 4) is 5.75 Å². The van der Waals surface area contributed by atoms with Crippen LogP contribution in [0.1, 0.15) is 50.5 Å². The average molecular weight is 319 g/mol. The van der Waals surface area contributed by atoms with Crippen LogP contribution in [-0.2, 0) is 9.59 Å². The molecule has 5 heteroatoms. The quantitative estimate of drug-likeness (QED) is 0.875. The van der Waals surface area contributed by atoms with E-state index in [1.54, 1.807) is 12.0 Å². The molecule has 0 aromatic heterocycles. The third-order valence-corrected chi connectivity index (χ3v) is 4.61. The number of ether oxygens (including phenoxy) is 1. The Hall–Kier alpha value is -2.04. The highest BCUT2D eigenvalue weighted by molar-refractivity contribution is 5.84. The third-order valence-electron chi connectivity index (χ3n) is 4.61. The van der Waals surface area contributed by atoms with E-state index in [9.17, 15) is 14.7 Å². The van der Waals surface area contributed by atoms with Crippen molar-refractivity contribution in [2.45, 2.75) is 51.0 Å². The molecule has 1 aliphatic heterocycles. The van der Waals surface area contributed by atoms with E-state index in [2.05, 4.69) is 0 Å². The van der Waals surface area contributed by atoms with Gasteiger partial charge in [-0.15, -0.1) is 0 Å². The smallest absolute Gasteiger partial charge is 0.326 e. The molecule has 0 saturated carbocycles. The van der Waals surface area contributed by atoms with Crippen LogP contribution in [0.25, 0.3) is 0 Å². The fraction of sp³-hybridized carbons (Fsp3) is 0.556. The summed E-state index contributed by atoms with van der Waals surface area (Å²) in [6.45, 7) is 2.60. The molecule has 1 heterocycles. The standard InChI is InChI=1S/C18H25NO4/c1-3-13(14-7-9-15(23-2)10-8-14)12-17(20)19-11-5-4-6-16(19)18(21)22/h7-10,13,16H,3-6,11-12H2,1-2H3,(H,21,22). The van der Waals surface area contributed by atoms with Crippen molar-refractivity contribution >= 4 is 11.9 Å². The third kappa shape index (κ3) is 4.24. The van der Waals surface area contributed by atoms with E-state index >= 15 is 0 Å². The van der Waals surface area contributed by atoms with Crippen molar-refractivity contribution < 1.29 is 19.4 Å². The summed E-state index contributed by atoms with van der Waals surface area (Å²) < 4.78 is 5.16. The molecule has 126 valence electrons. The maximum Gasteiger partial charge on any atom is 0.326 e. The molecule has 1 aromatic rings. The Kier molecular flexibility index (Phi) is 6.02. The summed E-state index contributed by atoms with van der Waals surface area (Å²) in [5, 5.41) is 9.32. The molecule has 1 amide bonds. The van der Waals surface area contributed by atoms with E-state index in [-0.39, 0.29) is 11.8 Å². The number of carbonyl (C=O) groups excluding carboxylic acids is 1. The molecular formula is C18H25NO4. The first kappa shape index (κ1) is 17.3. The van der Waals surface area contributed by atoms with Gasteiger partial charge in [0.2, 0.25) is 5.91 Å². The number of likely N-dealkylation sites (tertiary alicyclic amines) is 1. The van der Waals surface area contributed by atoms with E-state index in [4.69, 9.17) is 4.74 Å². The average Bonchev–Trinajstić information content (AvgIpc) is 2.59. The van der Waals surface area contributed by atoms with E-state index in [1.165, 1.54) is 0 Å². The van der Waals surface area contributed by atoms with Crippen molar-refractivity contribution in [1.82, 2.24) is 4.90 Å². The Morgan fingerprint density at radius 2 is 2.00 bits per heavy atom. The molecule has 2 atom stereocenters. The van der Waals surface area contributed by atoms with Crippen LogP contribution in [-0.4, -0.2) is 41.6 Å². The number of methoxy groups -OCH3 is 1. The van der Waals surface area contributed by atoms with Gasteiger partial charge in [-0.3, -0.25) is 4.79 Å². The minimum atomic E-state index is -0.893. The topological polar surface area (TPSA) is 66.8 Å². The summed E-state index contributed by atoms with van der Waals surface area (Å²) in [6, 6.07) is 7.08. The lowest BCUT2D eigenvalue weighted by Gasteiger charge is -2.34. The van der Waals surface area contributed by atoms with E-state index in [0.717, 1.165) is 30.6 Å². The van der Waals surface area contributed by atoms with Crippen molar-refractivity contribution in [3.63, 3.8) is 0 Å². The summed E-state index contributed by atoms with van der Waals surface area (Å²) in [5.74, 6) is -0.0583. The molecule has 0 spiro atoms. The highest BCUT2D eigenvalue weighted by atomic mass is 16.5. The Labute approximate surface area is 137 Å². The van der Waals surface area contributed by atoms with Gasteiger partial charge in [-0.05, 0) is 49.3 Å². The monoisotopic (exact) mass is 319 g/mol. The molecule has 1 N–H and O–H groups in total. The van der Waals surface area contributed by atoms with Crippen LogP contribution >= 0.6 is 0 Å². The first-order chi connectivity index (χ1) is 11.1. The number of rotatable bonds is 6. The minimum absolute atomic E-state index is 0.0558. The number of carbonyl (C=O) groups is 2. The van der Waals surface area contributed by atoms with Gasteiger partial charge in [-0.25, -0.2) is 4.79 Å². The molecule has 1 aliphatic rings. The van der Waals surface area contributed by atoms with Crippen LogP contribution in [0.4, 0.5) is 0 Å². The number of amides is 1. The molecule has 2 rings (SSSR count). The van der Waals surface area contributed by atoms with Crippen LogP contribution in [0.5, 0.6) is 5.75 Å². The highest BCUT2D eigenvalue weighted by Crippen LogP contribution is 2.28. The van der Waals surface area contributed by atoms with Crippen molar-refractivity contribution in [3.05, 3.63) is 29.8 Å². The van der Waals surface area contributed by atoms with Crippen molar-refractivity contribution in [2.24, 2.45) is 0 Å².